The number of hydrogen-bond donors (Lipinski definition) is 1. The summed E-state index contributed by atoms with van der Waals surface area (Å²) in [5.74, 6) is 0.904. The second kappa shape index (κ2) is 4.78. The number of imidazole rings is 1. The van der Waals surface area contributed by atoms with Crippen molar-refractivity contribution < 1.29 is 0 Å². The van der Waals surface area contributed by atoms with E-state index in [1.165, 1.54) is 0 Å². The van der Waals surface area contributed by atoms with Crippen molar-refractivity contribution in [3.8, 4) is 0 Å². The molecule has 0 amide bonds. The van der Waals surface area contributed by atoms with Crippen molar-refractivity contribution in [3.05, 3.63) is 58.8 Å². The molecule has 0 bridgehead atoms. The normalized spacial score (nSPS) is 13.1. The Balaban J connectivity index is 2.77. The summed E-state index contributed by atoms with van der Waals surface area (Å²) in [6.45, 7) is 7.94. The van der Waals surface area contributed by atoms with E-state index in [-0.39, 0.29) is 0 Å². The standard InChI is InChI=1S/C14H15N3/c1-4-5-13(14-9-16-11(3)17-14)12-6-7-15-8-10(12)2/h4-9H,2H2,1,3H3,(H,16,17)/b5-4-,13-12+. The van der Waals surface area contributed by atoms with E-state index >= 15 is 0 Å². The highest BCUT2D eigenvalue weighted by atomic mass is 14.9. The zero-order chi connectivity index (χ0) is 12.3. The highest BCUT2D eigenvalue weighted by Gasteiger charge is 2.02. The summed E-state index contributed by atoms with van der Waals surface area (Å²) in [5.41, 5.74) is 2.08. The monoisotopic (exact) mass is 225 g/mol. The average molecular weight is 225 g/mol. The molecule has 0 spiro atoms. The maximum atomic E-state index is 4.23. The van der Waals surface area contributed by atoms with E-state index in [0.717, 1.165) is 27.5 Å². The van der Waals surface area contributed by atoms with Crippen molar-refractivity contribution in [2.24, 2.45) is 0 Å². The van der Waals surface area contributed by atoms with E-state index in [2.05, 4.69) is 27.6 Å². The third-order valence-corrected chi connectivity index (χ3v) is 2.52. The Morgan fingerprint density at radius 1 is 1.41 bits per heavy atom. The van der Waals surface area contributed by atoms with Crippen molar-refractivity contribution in [1.82, 2.24) is 15.0 Å². The van der Waals surface area contributed by atoms with Gasteiger partial charge >= 0.3 is 0 Å². The molecule has 3 nitrogen and oxygen atoms in total. The fourth-order valence-corrected chi connectivity index (χ4v) is 1.74. The van der Waals surface area contributed by atoms with E-state index in [9.17, 15) is 0 Å². The first-order valence-electron chi connectivity index (χ1n) is 5.50. The van der Waals surface area contributed by atoms with Crippen LogP contribution < -0.4 is 10.4 Å². The van der Waals surface area contributed by atoms with Gasteiger partial charge in [0.15, 0.2) is 0 Å². The van der Waals surface area contributed by atoms with Crippen molar-refractivity contribution in [3.63, 3.8) is 0 Å². The topological polar surface area (TPSA) is 41.6 Å². The molecule has 0 saturated heterocycles. The van der Waals surface area contributed by atoms with Gasteiger partial charge in [0.1, 0.15) is 5.82 Å². The van der Waals surface area contributed by atoms with Gasteiger partial charge in [-0.3, -0.25) is 4.98 Å². The van der Waals surface area contributed by atoms with Crippen LogP contribution in [0.5, 0.6) is 0 Å². The second-order valence-electron chi connectivity index (χ2n) is 3.83. The van der Waals surface area contributed by atoms with Gasteiger partial charge in [0.05, 0.1) is 11.9 Å². The van der Waals surface area contributed by atoms with Crippen LogP contribution in [0.2, 0.25) is 0 Å². The summed E-state index contributed by atoms with van der Waals surface area (Å²) >= 11 is 0. The van der Waals surface area contributed by atoms with Gasteiger partial charge in [0.25, 0.3) is 0 Å². The highest BCUT2D eigenvalue weighted by molar-refractivity contribution is 5.70. The van der Waals surface area contributed by atoms with Gasteiger partial charge in [0, 0.05) is 18.0 Å². The van der Waals surface area contributed by atoms with Crippen molar-refractivity contribution in [1.29, 1.82) is 0 Å². The first-order chi connectivity index (χ1) is 8.22. The van der Waals surface area contributed by atoms with E-state index < -0.39 is 0 Å². The number of hydrogen-bond acceptors (Lipinski definition) is 2. The van der Waals surface area contributed by atoms with Gasteiger partial charge < -0.3 is 4.98 Å². The molecule has 2 heterocycles. The fraction of sp³-hybridized carbons (Fsp3) is 0.143. The molecule has 0 unspecified atom stereocenters. The van der Waals surface area contributed by atoms with Crippen LogP contribution in [0.25, 0.3) is 12.2 Å². The SMILES string of the molecule is C=c1cncc/c1=C(/C=C\C)c1cnc(C)[nH]1. The molecule has 0 aliphatic rings. The molecule has 2 rings (SSSR count). The number of aromatic nitrogens is 3. The molecule has 1 N–H and O–H groups in total. The molecule has 0 atom stereocenters. The molecule has 0 aromatic carbocycles. The maximum Gasteiger partial charge on any atom is 0.103 e. The molecular formula is C14H15N3. The molecule has 2 aromatic heterocycles. The molecule has 0 fully saturated rings. The quantitative estimate of drug-likeness (QED) is 0.837. The van der Waals surface area contributed by atoms with Crippen LogP contribution in [0, 0.1) is 6.92 Å². The number of nitrogens with zero attached hydrogens (tertiary/aromatic N) is 2. The van der Waals surface area contributed by atoms with Crippen LogP contribution in [0.15, 0.2) is 36.8 Å². The van der Waals surface area contributed by atoms with Crippen LogP contribution in [0.3, 0.4) is 0 Å². The molecule has 0 radical (unpaired) electrons. The summed E-state index contributed by atoms with van der Waals surface area (Å²) in [4.78, 5) is 11.5. The highest BCUT2D eigenvalue weighted by Crippen LogP contribution is 2.09. The van der Waals surface area contributed by atoms with E-state index in [1.807, 2.05) is 32.2 Å². The van der Waals surface area contributed by atoms with Gasteiger partial charge in [-0.05, 0) is 30.4 Å². The molecule has 17 heavy (non-hydrogen) atoms. The molecule has 0 saturated carbocycles. The average Bonchev–Trinajstić information content (AvgIpc) is 2.74. The zero-order valence-corrected chi connectivity index (χ0v) is 10.1. The van der Waals surface area contributed by atoms with Gasteiger partial charge in [-0.2, -0.15) is 0 Å². The lowest BCUT2D eigenvalue weighted by atomic mass is 10.1. The number of H-pyrrole nitrogens is 1. The Hall–Kier alpha value is -2.16. The van der Waals surface area contributed by atoms with Gasteiger partial charge in [0.2, 0.25) is 0 Å². The minimum absolute atomic E-state index is 0.904. The minimum atomic E-state index is 0.904. The Labute approximate surface area is 100 Å². The second-order valence-corrected chi connectivity index (χ2v) is 3.83. The lowest BCUT2D eigenvalue weighted by Gasteiger charge is -1.99. The molecular weight excluding hydrogens is 210 g/mol. The molecule has 0 aliphatic heterocycles. The first-order valence-corrected chi connectivity index (χ1v) is 5.50. The van der Waals surface area contributed by atoms with E-state index in [0.29, 0.717) is 0 Å². The minimum Gasteiger partial charge on any atom is -0.342 e. The smallest absolute Gasteiger partial charge is 0.103 e. The number of aryl methyl sites for hydroxylation is 1. The lowest BCUT2D eigenvalue weighted by Crippen LogP contribution is -2.25. The maximum absolute atomic E-state index is 4.23. The Bertz CT molecular complexity index is 650. The van der Waals surface area contributed by atoms with Crippen molar-refractivity contribution >= 4 is 12.2 Å². The number of aromatic amines is 1. The first kappa shape index (κ1) is 11.3. The number of nitrogens with one attached hydrogen (secondary N) is 1. The molecule has 2 aromatic rings. The van der Waals surface area contributed by atoms with Crippen LogP contribution in [0.4, 0.5) is 0 Å². The van der Waals surface area contributed by atoms with Gasteiger partial charge in [-0.15, -0.1) is 0 Å². The zero-order valence-electron chi connectivity index (χ0n) is 10.1. The van der Waals surface area contributed by atoms with Gasteiger partial charge in [-0.25, -0.2) is 4.98 Å². The van der Waals surface area contributed by atoms with Crippen LogP contribution >= 0.6 is 0 Å². The van der Waals surface area contributed by atoms with E-state index in [4.69, 9.17) is 0 Å². The number of pyridine rings is 1. The van der Waals surface area contributed by atoms with Crippen LogP contribution in [-0.4, -0.2) is 15.0 Å². The largest absolute Gasteiger partial charge is 0.342 e. The summed E-state index contributed by atoms with van der Waals surface area (Å²) < 4.78 is 0. The summed E-state index contributed by atoms with van der Waals surface area (Å²) in [5, 5.41) is 1.98. The predicted octanol–water partition coefficient (Wildman–Crippen LogP) is 1.30. The molecule has 0 aliphatic carbocycles. The lowest BCUT2D eigenvalue weighted by molar-refractivity contribution is 1.14. The summed E-state index contributed by atoms with van der Waals surface area (Å²) in [7, 11) is 0. The number of rotatable bonds is 2. The van der Waals surface area contributed by atoms with Crippen LogP contribution in [-0.2, 0) is 0 Å². The third-order valence-electron chi connectivity index (χ3n) is 2.52. The fourth-order valence-electron chi connectivity index (χ4n) is 1.74. The number of allylic oxidation sites excluding steroid dienone is 2. The molecule has 3 heteroatoms. The Morgan fingerprint density at radius 2 is 2.24 bits per heavy atom. The van der Waals surface area contributed by atoms with Crippen molar-refractivity contribution in [2.75, 3.05) is 0 Å². The summed E-state index contributed by atoms with van der Waals surface area (Å²) in [6.07, 6.45) is 9.44. The van der Waals surface area contributed by atoms with E-state index in [1.54, 1.807) is 12.4 Å². The summed E-state index contributed by atoms with van der Waals surface area (Å²) in [6, 6.07) is 1.97. The van der Waals surface area contributed by atoms with Gasteiger partial charge in [-0.1, -0.05) is 18.7 Å². The molecule has 86 valence electrons. The third kappa shape index (κ3) is 2.33. The predicted molar refractivity (Wildman–Crippen MR) is 69.7 cm³/mol. The Morgan fingerprint density at radius 3 is 2.82 bits per heavy atom. The van der Waals surface area contributed by atoms with Crippen LogP contribution in [0.1, 0.15) is 18.4 Å². The Kier molecular flexibility index (Phi) is 3.19. The van der Waals surface area contributed by atoms with Crippen molar-refractivity contribution in [2.45, 2.75) is 13.8 Å².